The summed E-state index contributed by atoms with van der Waals surface area (Å²) in [7, 11) is -4.95. The molecule has 0 saturated heterocycles. The summed E-state index contributed by atoms with van der Waals surface area (Å²) < 4.78 is 26.7. The molecule has 0 spiro atoms. The molecular weight excluding hydrogens is 457 g/mol. The number of nitrogens with zero attached hydrogens (tertiary/aromatic N) is 1. The van der Waals surface area contributed by atoms with Gasteiger partial charge in [-0.25, -0.2) is 14.2 Å². The summed E-state index contributed by atoms with van der Waals surface area (Å²) in [6.45, 7) is 0.307. The molecule has 1 amide bonds. The minimum atomic E-state index is -4.95. The summed E-state index contributed by atoms with van der Waals surface area (Å²) in [4.78, 5) is 44.5. The maximum Gasteiger partial charge on any atom is 0.587 e. The molecule has 0 aromatic heterocycles. The van der Waals surface area contributed by atoms with Gasteiger partial charge in [0.2, 0.25) is 0 Å². The van der Waals surface area contributed by atoms with E-state index in [9.17, 15) is 29.2 Å². The number of amides is 1. The Balaban J connectivity index is 1.98. The molecule has 0 heterocycles. The van der Waals surface area contributed by atoms with E-state index in [1.165, 1.54) is 0 Å². The van der Waals surface area contributed by atoms with Crippen LogP contribution in [0.4, 0.5) is 10.5 Å². The summed E-state index contributed by atoms with van der Waals surface area (Å²) in [5.41, 5.74) is 5.92. The van der Waals surface area contributed by atoms with Crippen molar-refractivity contribution in [2.45, 2.75) is 31.9 Å². The second-order valence-corrected chi connectivity index (χ2v) is 8.07. The number of non-ortho nitro benzene ring substituents is 1. The number of phosphoric acid groups is 1. The highest BCUT2D eigenvalue weighted by Gasteiger charge is 2.33. The fourth-order valence-corrected chi connectivity index (χ4v) is 3.39. The Kier molecular flexibility index (Phi) is 9.80. The molecule has 0 aliphatic carbocycles. The minimum Gasteiger partial charge on any atom is -0.445 e. The third kappa shape index (κ3) is 9.27. The Morgan fingerprint density at radius 3 is 2.39 bits per heavy atom. The molecule has 33 heavy (non-hydrogen) atoms. The molecular formula is C20H24N3O9P. The van der Waals surface area contributed by atoms with E-state index in [0.717, 1.165) is 29.8 Å². The van der Waals surface area contributed by atoms with Crippen LogP contribution in [0.1, 0.15) is 24.8 Å². The van der Waals surface area contributed by atoms with Crippen molar-refractivity contribution in [1.82, 2.24) is 5.32 Å². The van der Waals surface area contributed by atoms with Crippen molar-refractivity contribution in [3.05, 3.63) is 70.3 Å². The van der Waals surface area contributed by atoms with Crippen LogP contribution in [0.5, 0.6) is 5.75 Å². The van der Waals surface area contributed by atoms with E-state index in [2.05, 4.69) is 9.84 Å². The monoisotopic (exact) mass is 481 g/mol. The highest BCUT2D eigenvalue weighted by atomic mass is 31.2. The molecule has 0 aliphatic rings. The normalized spacial score (nSPS) is 13.3. The van der Waals surface area contributed by atoms with Crippen LogP contribution < -0.4 is 15.6 Å². The van der Waals surface area contributed by atoms with Gasteiger partial charge in [0.05, 0.1) is 4.92 Å². The summed E-state index contributed by atoms with van der Waals surface area (Å²) in [6.07, 6.45) is 0.126. The highest BCUT2D eigenvalue weighted by molar-refractivity contribution is 7.48. The topological polar surface area (TPSA) is 180 Å². The molecule has 0 aliphatic heterocycles. The standard InChI is InChI=1S/C20H24N3O9P/c21-13-5-4-8-18(22-20(25)30-14-15-6-2-1-3-7-15)19(24)32-33(28,29)31-17-11-9-16(10-12-17)23(26)27/h1-3,6-7,9-12,18H,4-5,8,13-14,21H2,(H,22,25)(H,28,29)/t18-/m0/s1. The van der Waals surface area contributed by atoms with Crippen molar-refractivity contribution in [2.24, 2.45) is 5.73 Å². The van der Waals surface area contributed by atoms with E-state index >= 15 is 0 Å². The number of hydrogen-bond donors (Lipinski definition) is 3. The molecule has 1 unspecified atom stereocenters. The maximum atomic E-state index is 12.5. The number of carbonyl (C=O) groups excluding carboxylic acids is 2. The highest BCUT2D eigenvalue weighted by Crippen LogP contribution is 2.44. The van der Waals surface area contributed by atoms with Gasteiger partial charge in [0, 0.05) is 12.1 Å². The lowest BCUT2D eigenvalue weighted by atomic mass is 10.1. The van der Waals surface area contributed by atoms with Crippen LogP contribution >= 0.6 is 7.82 Å². The average Bonchev–Trinajstić information content (AvgIpc) is 2.77. The first-order chi connectivity index (χ1) is 15.7. The Bertz CT molecular complexity index is 986. The number of ether oxygens (including phenoxy) is 1. The van der Waals surface area contributed by atoms with Crippen LogP contribution in [0.2, 0.25) is 0 Å². The van der Waals surface area contributed by atoms with Crippen LogP contribution in [0.3, 0.4) is 0 Å². The molecule has 13 heteroatoms. The maximum absolute atomic E-state index is 12.5. The van der Waals surface area contributed by atoms with Gasteiger partial charge >= 0.3 is 19.9 Å². The Morgan fingerprint density at radius 2 is 1.79 bits per heavy atom. The molecule has 0 bridgehead atoms. The van der Waals surface area contributed by atoms with E-state index < -0.39 is 30.9 Å². The number of hydrogen-bond acceptors (Lipinski definition) is 9. The molecule has 12 nitrogen and oxygen atoms in total. The number of rotatable bonds is 12. The minimum absolute atomic E-state index is 0.0427. The largest absolute Gasteiger partial charge is 0.587 e. The Hall–Kier alpha value is -3.47. The average molecular weight is 481 g/mol. The lowest BCUT2D eigenvalue weighted by molar-refractivity contribution is -0.384. The van der Waals surface area contributed by atoms with Crippen molar-refractivity contribution in [2.75, 3.05) is 6.54 Å². The third-order valence-corrected chi connectivity index (χ3v) is 5.06. The second-order valence-electron chi connectivity index (χ2n) is 6.76. The van der Waals surface area contributed by atoms with Gasteiger partial charge < -0.3 is 24.8 Å². The van der Waals surface area contributed by atoms with Crippen molar-refractivity contribution in [3.8, 4) is 5.75 Å². The summed E-state index contributed by atoms with van der Waals surface area (Å²) >= 11 is 0. The lowest BCUT2D eigenvalue weighted by Crippen LogP contribution is -2.42. The second kappa shape index (κ2) is 12.5. The predicted octanol–water partition coefficient (Wildman–Crippen LogP) is 3.04. The van der Waals surface area contributed by atoms with Crippen molar-refractivity contribution >= 4 is 25.6 Å². The van der Waals surface area contributed by atoms with Gasteiger partial charge in [-0.05, 0) is 43.5 Å². The van der Waals surface area contributed by atoms with Crippen LogP contribution in [0, 0.1) is 10.1 Å². The molecule has 2 rings (SSSR count). The fraction of sp³-hybridized carbons (Fsp3) is 0.300. The zero-order valence-corrected chi connectivity index (χ0v) is 18.4. The number of carbonyl (C=O) groups is 2. The first-order valence-corrected chi connectivity index (χ1v) is 11.4. The summed E-state index contributed by atoms with van der Waals surface area (Å²) in [5, 5.41) is 13.0. The molecule has 0 fully saturated rings. The fourth-order valence-electron chi connectivity index (χ4n) is 2.61. The zero-order valence-electron chi connectivity index (χ0n) is 17.5. The zero-order chi connectivity index (χ0) is 24.3. The van der Waals surface area contributed by atoms with Crippen LogP contribution in [-0.4, -0.2) is 34.5 Å². The van der Waals surface area contributed by atoms with Crippen LogP contribution in [0.15, 0.2) is 54.6 Å². The third-order valence-electron chi connectivity index (χ3n) is 4.21. The van der Waals surface area contributed by atoms with Crippen LogP contribution in [0.25, 0.3) is 0 Å². The Labute approximate surface area is 189 Å². The van der Waals surface area contributed by atoms with E-state index in [-0.39, 0.29) is 24.5 Å². The summed E-state index contributed by atoms with van der Waals surface area (Å²) in [6, 6.07) is 11.8. The van der Waals surface area contributed by atoms with Crippen molar-refractivity contribution < 1.29 is 37.8 Å². The predicted molar refractivity (Wildman–Crippen MR) is 116 cm³/mol. The molecule has 178 valence electrons. The molecule has 0 saturated carbocycles. The van der Waals surface area contributed by atoms with E-state index in [4.69, 9.17) is 15.0 Å². The van der Waals surface area contributed by atoms with Crippen molar-refractivity contribution in [3.63, 3.8) is 0 Å². The van der Waals surface area contributed by atoms with Gasteiger partial charge in [0.1, 0.15) is 18.4 Å². The number of nitro groups is 1. The van der Waals surface area contributed by atoms with Gasteiger partial charge in [-0.3, -0.25) is 15.0 Å². The number of benzene rings is 2. The van der Waals surface area contributed by atoms with Gasteiger partial charge in [-0.15, -0.1) is 0 Å². The first-order valence-electron chi connectivity index (χ1n) is 9.88. The number of alkyl carbamates (subject to hydrolysis) is 1. The van der Waals surface area contributed by atoms with Gasteiger partial charge in [-0.2, -0.15) is 0 Å². The van der Waals surface area contributed by atoms with E-state index in [1.807, 2.05) is 0 Å². The first kappa shape index (κ1) is 25.8. The number of phosphoric ester groups is 1. The number of unbranched alkanes of at least 4 members (excludes halogenated alkanes) is 1. The van der Waals surface area contributed by atoms with E-state index in [1.54, 1.807) is 30.3 Å². The van der Waals surface area contributed by atoms with Gasteiger partial charge in [0.15, 0.2) is 0 Å². The van der Waals surface area contributed by atoms with Crippen molar-refractivity contribution in [1.29, 1.82) is 0 Å². The molecule has 2 aromatic rings. The number of nitrogens with two attached hydrogens (primary N) is 1. The summed E-state index contributed by atoms with van der Waals surface area (Å²) in [5.74, 6) is -1.44. The van der Waals surface area contributed by atoms with Gasteiger partial charge in [0.25, 0.3) is 5.69 Å². The van der Waals surface area contributed by atoms with Crippen LogP contribution in [-0.2, 0) is 25.2 Å². The quantitative estimate of drug-likeness (QED) is 0.176. The number of nitro benzene ring substituents is 1. The molecule has 2 atom stereocenters. The Morgan fingerprint density at radius 1 is 1.12 bits per heavy atom. The molecule has 0 radical (unpaired) electrons. The van der Waals surface area contributed by atoms with Gasteiger partial charge in [-0.1, -0.05) is 30.3 Å². The van der Waals surface area contributed by atoms with E-state index in [0.29, 0.717) is 19.4 Å². The lowest BCUT2D eigenvalue weighted by Gasteiger charge is -2.19. The SMILES string of the molecule is NCCCC[C@H](NC(=O)OCc1ccccc1)C(=O)OP(=O)(O)Oc1ccc([N+](=O)[O-])cc1. The molecule has 4 N–H and O–H groups in total. The molecule has 2 aromatic carbocycles. The smallest absolute Gasteiger partial charge is 0.445 e. The number of nitrogens with one attached hydrogen (secondary N) is 1.